The van der Waals surface area contributed by atoms with E-state index in [1.165, 1.54) is 5.56 Å². The summed E-state index contributed by atoms with van der Waals surface area (Å²) in [6.07, 6.45) is 6.67. The lowest BCUT2D eigenvalue weighted by Crippen LogP contribution is -2.48. The first-order chi connectivity index (χ1) is 9.55. The molecule has 110 valence electrons. The number of aryl methyl sites for hydroxylation is 1. The Balaban J connectivity index is 2.43. The van der Waals surface area contributed by atoms with Gasteiger partial charge >= 0.3 is 6.03 Å². The molecule has 0 spiro atoms. The molecule has 0 aliphatic rings. The summed E-state index contributed by atoms with van der Waals surface area (Å²) >= 11 is 0. The maximum absolute atomic E-state index is 11.7. The van der Waals surface area contributed by atoms with Gasteiger partial charge in [-0.15, -0.1) is 0 Å². The highest BCUT2D eigenvalue weighted by atomic mass is 16.2. The molecule has 20 heavy (non-hydrogen) atoms. The van der Waals surface area contributed by atoms with Gasteiger partial charge in [-0.2, -0.15) is 4.57 Å². The van der Waals surface area contributed by atoms with Crippen LogP contribution in [0.3, 0.4) is 0 Å². The largest absolute Gasteiger partial charge is 0.335 e. The summed E-state index contributed by atoms with van der Waals surface area (Å²) < 4.78 is 1.75. The lowest BCUT2D eigenvalue weighted by molar-refractivity contribution is -0.684. The third kappa shape index (κ3) is 5.82. The number of urea groups is 1. The predicted molar refractivity (Wildman–Crippen MR) is 77.1 cm³/mol. The molecule has 0 aliphatic heterocycles. The van der Waals surface area contributed by atoms with Crippen molar-refractivity contribution >= 4 is 11.9 Å². The van der Waals surface area contributed by atoms with E-state index in [4.69, 9.17) is 0 Å². The zero-order valence-electron chi connectivity index (χ0n) is 12.5. The quantitative estimate of drug-likeness (QED) is 0.776. The fraction of sp³-hybridized carbons (Fsp3) is 0.533. The number of amides is 3. The van der Waals surface area contributed by atoms with E-state index in [2.05, 4.69) is 17.6 Å². The van der Waals surface area contributed by atoms with Crippen LogP contribution in [0.15, 0.2) is 24.5 Å². The minimum Gasteiger partial charge on any atom is -0.335 e. The number of carbonyl (C=O) groups is 2. The van der Waals surface area contributed by atoms with Crippen LogP contribution in [0.4, 0.5) is 4.79 Å². The molecular formula is C15H24N3O2+. The molecule has 2 N–H and O–H groups in total. The van der Waals surface area contributed by atoms with Crippen LogP contribution in [-0.4, -0.2) is 18.0 Å². The molecule has 1 aromatic heterocycles. The van der Waals surface area contributed by atoms with Crippen molar-refractivity contribution in [1.82, 2.24) is 10.6 Å². The molecule has 0 aromatic carbocycles. The van der Waals surface area contributed by atoms with Crippen molar-refractivity contribution in [1.29, 1.82) is 0 Å². The van der Waals surface area contributed by atoms with Gasteiger partial charge in [0.15, 0.2) is 12.4 Å². The zero-order chi connectivity index (χ0) is 15.0. The van der Waals surface area contributed by atoms with Gasteiger partial charge in [0.1, 0.15) is 0 Å². The highest BCUT2D eigenvalue weighted by Gasteiger charge is 2.13. The van der Waals surface area contributed by atoms with Crippen LogP contribution in [0.5, 0.6) is 0 Å². The molecule has 0 saturated carbocycles. The van der Waals surface area contributed by atoms with Crippen LogP contribution in [0.25, 0.3) is 0 Å². The van der Waals surface area contributed by atoms with Gasteiger partial charge in [0.2, 0.25) is 6.54 Å². The van der Waals surface area contributed by atoms with Crippen LogP contribution in [0, 0.1) is 0 Å². The van der Waals surface area contributed by atoms with Crippen molar-refractivity contribution in [3.05, 3.63) is 30.1 Å². The zero-order valence-corrected chi connectivity index (χ0v) is 12.5. The number of pyridine rings is 1. The van der Waals surface area contributed by atoms with E-state index < -0.39 is 6.03 Å². The van der Waals surface area contributed by atoms with Gasteiger partial charge in [0.05, 0.1) is 0 Å². The first-order valence-corrected chi connectivity index (χ1v) is 7.13. The Kier molecular flexibility index (Phi) is 6.70. The number of hydrogen-bond acceptors (Lipinski definition) is 2. The molecule has 0 fully saturated rings. The molecule has 1 aromatic rings. The molecule has 3 amide bonds. The highest BCUT2D eigenvalue weighted by molar-refractivity contribution is 5.93. The number of aromatic nitrogens is 1. The van der Waals surface area contributed by atoms with Gasteiger partial charge in [-0.3, -0.25) is 10.1 Å². The van der Waals surface area contributed by atoms with E-state index in [0.717, 1.165) is 19.3 Å². The van der Waals surface area contributed by atoms with E-state index in [1.54, 1.807) is 4.57 Å². The van der Waals surface area contributed by atoms with Crippen LogP contribution in [-0.2, 0) is 17.8 Å². The second-order valence-electron chi connectivity index (χ2n) is 4.96. The van der Waals surface area contributed by atoms with Crippen LogP contribution >= 0.6 is 0 Å². The topological polar surface area (TPSA) is 62.1 Å². The monoisotopic (exact) mass is 278 g/mol. The van der Waals surface area contributed by atoms with Gasteiger partial charge in [-0.1, -0.05) is 20.3 Å². The lowest BCUT2D eigenvalue weighted by Gasteiger charge is -2.10. The molecule has 5 heteroatoms. The molecular weight excluding hydrogens is 254 g/mol. The van der Waals surface area contributed by atoms with E-state index in [0.29, 0.717) is 0 Å². The van der Waals surface area contributed by atoms with Crippen LogP contribution in [0.2, 0.25) is 0 Å². The van der Waals surface area contributed by atoms with Crippen molar-refractivity contribution in [2.24, 2.45) is 0 Å². The van der Waals surface area contributed by atoms with Gasteiger partial charge < -0.3 is 5.32 Å². The first kappa shape index (κ1) is 16.1. The highest BCUT2D eigenvalue weighted by Crippen LogP contribution is 1.98. The maximum Gasteiger partial charge on any atom is 0.321 e. The smallest absolute Gasteiger partial charge is 0.321 e. The van der Waals surface area contributed by atoms with Crippen LogP contribution < -0.4 is 15.2 Å². The average molecular weight is 278 g/mol. The molecule has 0 radical (unpaired) electrons. The second kappa shape index (κ2) is 8.30. The fourth-order valence-corrected chi connectivity index (χ4v) is 1.74. The lowest BCUT2D eigenvalue weighted by atomic mass is 10.2. The molecule has 0 unspecified atom stereocenters. The summed E-state index contributed by atoms with van der Waals surface area (Å²) in [4.78, 5) is 23.2. The molecule has 0 bridgehead atoms. The standard InChI is InChI=1S/C15H23N3O2/c1-4-6-13-7-9-18(10-8-13)11-14(19)17-15(20)16-12(3)5-2/h7-10,12H,4-6,11H2,1-3H3,(H-,16,17,19,20)/p+1/t12-/m1/s1. The van der Waals surface area contributed by atoms with Crippen molar-refractivity contribution in [2.75, 3.05) is 0 Å². The third-order valence-corrected chi connectivity index (χ3v) is 3.07. The predicted octanol–water partition coefficient (Wildman–Crippen LogP) is 1.55. The minimum atomic E-state index is -0.437. The van der Waals surface area contributed by atoms with E-state index >= 15 is 0 Å². The summed E-state index contributed by atoms with van der Waals surface area (Å²) in [6.45, 7) is 6.14. The van der Waals surface area contributed by atoms with E-state index in [1.807, 2.05) is 38.4 Å². The number of nitrogens with one attached hydrogen (secondary N) is 2. The third-order valence-electron chi connectivity index (χ3n) is 3.07. The number of nitrogens with zero attached hydrogens (tertiary/aromatic N) is 1. The number of hydrogen-bond donors (Lipinski definition) is 2. The summed E-state index contributed by atoms with van der Waals surface area (Å²) in [5, 5.41) is 5.02. The Morgan fingerprint density at radius 1 is 1.25 bits per heavy atom. The van der Waals surface area contributed by atoms with Crippen LogP contribution in [0.1, 0.15) is 39.2 Å². The van der Waals surface area contributed by atoms with Crippen molar-refractivity contribution in [3.63, 3.8) is 0 Å². The number of rotatable bonds is 6. The Hall–Kier alpha value is -1.91. The van der Waals surface area contributed by atoms with E-state index in [9.17, 15) is 9.59 Å². The molecule has 5 nitrogen and oxygen atoms in total. The van der Waals surface area contributed by atoms with Crippen molar-refractivity contribution in [3.8, 4) is 0 Å². The van der Waals surface area contributed by atoms with Crippen molar-refractivity contribution in [2.45, 2.75) is 52.6 Å². The number of carbonyl (C=O) groups excluding carboxylic acids is 2. The number of imide groups is 1. The minimum absolute atomic E-state index is 0.0591. The maximum atomic E-state index is 11.7. The van der Waals surface area contributed by atoms with Gasteiger partial charge in [0.25, 0.3) is 5.91 Å². The molecule has 1 rings (SSSR count). The molecule has 1 atom stereocenters. The Bertz CT molecular complexity index is 443. The summed E-state index contributed by atoms with van der Waals surface area (Å²) in [6, 6.07) is 3.61. The van der Waals surface area contributed by atoms with Gasteiger partial charge in [0, 0.05) is 18.2 Å². The summed E-state index contributed by atoms with van der Waals surface area (Å²) in [5.74, 6) is -0.320. The summed E-state index contributed by atoms with van der Waals surface area (Å²) in [7, 11) is 0. The Labute approximate surface area is 120 Å². The fourth-order valence-electron chi connectivity index (χ4n) is 1.74. The SMILES string of the molecule is CCCc1cc[n+](CC(=O)NC(=O)N[C@H](C)CC)cc1. The summed E-state index contributed by atoms with van der Waals surface area (Å²) in [5.41, 5.74) is 1.25. The van der Waals surface area contributed by atoms with Crippen molar-refractivity contribution < 1.29 is 14.2 Å². The Morgan fingerprint density at radius 3 is 2.45 bits per heavy atom. The first-order valence-electron chi connectivity index (χ1n) is 7.13. The van der Waals surface area contributed by atoms with Gasteiger partial charge in [-0.25, -0.2) is 4.79 Å². The van der Waals surface area contributed by atoms with Gasteiger partial charge in [-0.05, 0) is 25.3 Å². The Morgan fingerprint density at radius 2 is 1.90 bits per heavy atom. The average Bonchev–Trinajstić information content (AvgIpc) is 2.40. The normalized spacial score (nSPS) is 11.8. The molecule has 0 saturated heterocycles. The second-order valence-corrected chi connectivity index (χ2v) is 4.96. The molecule has 1 heterocycles. The molecule has 0 aliphatic carbocycles. The van der Waals surface area contributed by atoms with E-state index in [-0.39, 0.29) is 18.5 Å².